The summed E-state index contributed by atoms with van der Waals surface area (Å²) in [6.45, 7) is 0. The van der Waals surface area contributed by atoms with Crippen LogP contribution in [0, 0.1) is 13.7 Å². The number of carbonyl (C=O) groups is 2. The van der Waals surface area contributed by atoms with Crippen LogP contribution in [0.5, 0.6) is 11.5 Å². The number of carbonyl (C=O) groups excluding carboxylic acids is 2. The first-order valence-corrected chi connectivity index (χ1v) is 9.22. The van der Waals surface area contributed by atoms with Gasteiger partial charge in [0.2, 0.25) is 0 Å². The van der Waals surface area contributed by atoms with Crippen LogP contribution in [0.1, 0.15) is 20.7 Å². The summed E-state index contributed by atoms with van der Waals surface area (Å²) in [5, 5.41) is 10.7. The summed E-state index contributed by atoms with van der Waals surface area (Å²) >= 11 is 2.12. The highest BCUT2D eigenvalue weighted by molar-refractivity contribution is 14.1. The Morgan fingerprint density at radius 2 is 1.54 bits per heavy atom. The molecule has 0 fully saturated rings. The number of non-ortho nitro benzene ring substituents is 1. The van der Waals surface area contributed by atoms with Crippen molar-refractivity contribution in [3.63, 3.8) is 0 Å². The maximum absolute atomic E-state index is 12.8. The van der Waals surface area contributed by atoms with Gasteiger partial charge in [-0.05, 0) is 71.1 Å². The summed E-state index contributed by atoms with van der Waals surface area (Å²) < 4.78 is 6.59. The number of nitrogens with zero attached hydrogens (tertiary/aromatic N) is 2. The van der Waals surface area contributed by atoms with Crippen molar-refractivity contribution in [3.05, 3.63) is 91.5 Å². The van der Waals surface area contributed by atoms with Crippen LogP contribution >= 0.6 is 22.6 Å². The average Bonchev–Trinajstić information content (AvgIpc) is 2.92. The molecule has 0 bridgehead atoms. The highest BCUT2D eigenvalue weighted by Gasteiger charge is 2.37. The molecule has 0 aliphatic carbocycles. The molecular formula is C20H11IN2O5. The number of hydrogen-bond donors (Lipinski definition) is 0. The minimum Gasteiger partial charge on any atom is -0.457 e. The van der Waals surface area contributed by atoms with E-state index in [0.717, 1.165) is 8.47 Å². The maximum Gasteiger partial charge on any atom is 0.269 e. The Morgan fingerprint density at radius 1 is 0.857 bits per heavy atom. The minimum absolute atomic E-state index is 0.0461. The molecule has 0 N–H and O–H groups in total. The lowest BCUT2D eigenvalue weighted by Crippen LogP contribution is -2.29. The Balaban J connectivity index is 1.62. The van der Waals surface area contributed by atoms with Gasteiger partial charge >= 0.3 is 0 Å². The fourth-order valence-electron chi connectivity index (χ4n) is 2.91. The third kappa shape index (κ3) is 3.22. The normalized spacial score (nSPS) is 12.8. The lowest BCUT2D eigenvalue weighted by Gasteiger charge is -2.13. The van der Waals surface area contributed by atoms with Gasteiger partial charge in [0, 0.05) is 15.7 Å². The van der Waals surface area contributed by atoms with E-state index in [9.17, 15) is 19.7 Å². The molecule has 1 heterocycles. The van der Waals surface area contributed by atoms with Crippen molar-refractivity contribution in [3.8, 4) is 11.5 Å². The fourth-order valence-corrected chi connectivity index (χ4v) is 3.43. The van der Waals surface area contributed by atoms with Gasteiger partial charge in [0.15, 0.2) is 0 Å². The van der Waals surface area contributed by atoms with Crippen LogP contribution in [0.2, 0.25) is 0 Å². The second-order valence-corrected chi connectivity index (χ2v) is 7.23. The molecule has 4 rings (SSSR count). The van der Waals surface area contributed by atoms with Crippen LogP contribution in [0.3, 0.4) is 0 Å². The third-order valence-electron chi connectivity index (χ3n) is 4.21. The smallest absolute Gasteiger partial charge is 0.269 e. The lowest BCUT2D eigenvalue weighted by molar-refractivity contribution is -0.384. The zero-order valence-corrected chi connectivity index (χ0v) is 16.3. The number of imide groups is 1. The van der Waals surface area contributed by atoms with E-state index in [1.165, 1.54) is 30.3 Å². The lowest BCUT2D eigenvalue weighted by atomic mass is 10.1. The molecule has 3 aromatic carbocycles. The van der Waals surface area contributed by atoms with Crippen LogP contribution in [-0.4, -0.2) is 16.7 Å². The molecule has 0 aromatic heterocycles. The molecule has 1 aliphatic rings. The van der Waals surface area contributed by atoms with E-state index >= 15 is 0 Å². The van der Waals surface area contributed by atoms with Crippen molar-refractivity contribution in [2.24, 2.45) is 0 Å². The van der Waals surface area contributed by atoms with Crippen LogP contribution in [-0.2, 0) is 0 Å². The molecule has 28 heavy (non-hydrogen) atoms. The summed E-state index contributed by atoms with van der Waals surface area (Å²) in [6.07, 6.45) is 0. The number of nitro groups is 1. The van der Waals surface area contributed by atoms with Crippen LogP contribution in [0.4, 0.5) is 11.4 Å². The van der Waals surface area contributed by atoms with Crippen molar-refractivity contribution in [1.29, 1.82) is 0 Å². The average molecular weight is 486 g/mol. The van der Waals surface area contributed by atoms with Gasteiger partial charge in [0.25, 0.3) is 17.5 Å². The molecule has 3 aromatic rings. The Bertz CT molecular complexity index is 1130. The number of halogens is 1. The molecule has 0 unspecified atom stereocenters. The Morgan fingerprint density at radius 3 is 2.21 bits per heavy atom. The van der Waals surface area contributed by atoms with Gasteiger partial charge in [-0.1, -0.05) is 6.07 Å². The zero-order chi connectivity index (χ0) is 19.8. The molecule has 0 saturated carbocycles. The van der Waals surface area contributed by atoms with Gasteiger partial charge in [-0.3, -0.25) is 19.7 Å². The molecular weight excluding hydrogens is 475 g/mol. The molecule has 1 aliphatic heterocycles. The van der Waals surface area contributed by atoms with Gasteiger partial charge in [-0.2, -0.15) is 0 Å². The van der Waals surface area contributed by atoms with Crippen molar-refractivity contribution in [2.75, 3.05) is 4.90 Å². The topological polar surface area (TPSA) is 89.7 Å². The van der Waals surface area contributed by atoms with Gasteiger partial charge in [0.05, 0.1) is 21.7 Å². The predicted molar refractivity (Wildman–Crippen MR) is 110 cm³/mol. The van der Waals surface area contributed by atoms with Gasteiger partial charge in [-0.15, -0.1) is 0 Å². The Labute approximate surface area is 172 Å². The molecule has 0 atom stereocenters. The third-order valence-corrected chi connectivity index (χ3v) is 4.88. The summed E-state index contributed by atoms with van der Waals surface area (Å²) in [5.41, 5.74) is 1.02. The molecule has 2 amide bonds. The van der Waals surface area contributed by atoms with E-state index in [2.05, 4.69) is 22.6 Å². The predicted octanol–water partition coefficient (Wildman–Crippen LogP) is 4.79. The van der Waals surface area contributed by atoms with Gasteiger partial charge in [0.1, 0.15) is 11.5 Å². The Kier molecular flexibility index (Phi) is 4.55. The summed E-state index contributed by atoms with van der Waals surface area (Å²) in [6, 6.07) is 17.4. The molecule has 0 spiro atoms. The van der Waals surface area contributed by atoms with Gasteiger partial charge < -0.3 is 4.74 Å². The summed E-state index contributed by atoms with van der Waals surface area (Å²) in [7, 11) is 0. The van der Waals surface area contributed by atoms with Crippen LogP contribution in [0.15, 0.2) is 66.7 Å². The quantitative estimate of drug-likeness (QED) is 0.229. The molecule has 0 saturated heterocycles. The second-order valence-electron chi connectivity index (χ2n) is 5.99. The van der Waals surface area contributed by atoms with E-state index in [1.807, 2.05) is 6.07 Å². The summed E-state index contributed by atoms with van der Waals surface area (Å²) in [4.78, 5) is 36.9. The molecule has 0 radical (unpaired) electrons. The van der Waals surface area contributed by atoms with Crippen molar-refractivity contribution in [2.45, 2.75) is 0 Å². The van der Waals surface area contributed by atoms with Crippen molar-refractivity contribution >= 4 is 45.8 Å². The second kappa shape index (κ2) is 7.04. The maximum atomic E-state index is 12.8. The monoisotopic (exact) mass is 486 g/mol. The van der Waals surface area contributed by atoms with E-state index < -0.39 is 10.8 Å². The number of anilines is 1. The van der Waals surface area contributed by atoms with Crippen molar-refractivity contribution in [1.82, 2.24) is 0 Å². The summed E-state index contributed by atoms with van der Waals surface area (Å²) in [5.74, 6) is -0.0601. The van der Waals surface area contributed by atoms with Crippen molar-refractivity contribution < 1.29 is 19.2 Å². The highest BCUT2D eigenvalue weighted by atomic mass is 127. The zero-order valence-electron chi connectivity index (χ0n) is 14.2. The van der Waals surface area contributed by atoms with Crippen LogP contribution < -0.4 is 9.64 Å². The largest absolute Gasteiger partial charge is 0.457 e. The molecule has 8 heteroatoms. The first kappa shape index (κ1) is 18.1. The number of nitro benzene ring substituents is 1. The van der Waals surface area contributed by atoms with E-state index in [4.69, 9.17) is 4.74 Å². The first-order chi connectivity index (χ1) is 13.4. The highest BCUT2D eigenvalue weighted by Crippen LogP contribution is 2.33. The number of fused-ring (bicyclic) bond motifs is 1. The van der Waals surface area contributed by atoms with E-state index in [-0.39, 0.29) is 17.2 Å². The number of ether oxygens (including phenoxy) is 1. The molecule has 7 nitrogen and oxygen atoms in total. The van der Waals surface area contributed by atoms with E-state index in [1.54, 1.807) is 30.3 Å². The van der Waals surface area contributed by atoms with E-state index in [0.29, 0.717) is 22.7 Å². The standard InChI is InChI=1S/C20H11IN2O5/c21-12-2-1-3-14(10-12)22-19(24)17-9-8-16(11-18(17)20(22)25)28-15-6-4-13(5-7-15)23(26)27/h1-11H. The number of benzene rings is 3. The van der Waals surface area contributed by atoms with Crippen LogP contribution in [0.25, 0.3) is 0 Å². The number of amides is 2. The number of rotatable bonds is 4. The SMILES string of the molecule is O=C1c2ccc(Oc3ccc([N+](=O)[O-])cc3)cc2C(=O)N1c1cccc(I)c1. The molecule has 138 valence electrons. The number of hydrogen-bond acceptors (Lipinski definition) is 5. The van der Waals surface area contributed by atoms with Gasteiger partial charge in [-0.25, -0.2) is 4.90 Å². The first-order valence-electron chi connectivity index (χ1n) is 8.15. The fraction of sp³-hybridized carbons (Fsp3) is 0. The Hall–Kier alpha value is -3.27. The minimum atomic E-state index is -0.497.